The average molecular weight is 205 g/mol. The molecule has 0 aliphatic carbocycles. The molecule has 0 saturated carbocycles. The van der Waals surface area contributed by atoms with E-state index in [4.69, 9.17) is 12.2 Å². The number of amides is 2. The Labute approximate surface area is 86.0 Å². The van der Waals surface area contributed by atoms with Crippen LogP contribution in [0.4, 0.5) is 9.18 Å². The second-order valence-corrected chi connectivity index (χ2v) is 2.61. The molecule has 0 fully saturated rings. The van der Waals surface area contributed by atoms with Crippen LogP contribution in [0.2, 0.25) is 0 Å². The molecule has 0 spiro atoms. The fraction of sp³-hybridized carbons (Fsp3) is 0. The molecule has 0 saturated heterocycles. The molecular weight excluding hydrogens is 197 g/mol. The first kappa shape index (κ1) is 10.7. The molecule has 76 valence electrons. The van der Waals surface area contributed by atoms with E-state index in [9.17, 15) is 9.18 Å². The molecule has 0 aromatic heterocycles. The van der Waals surface area contributed by atoms with Crippen molar-refractivity contribution in [3.63, 3.8) is 0 Å². The summed E-state index contributed by atoms with van der Waals surface area (Å²) in [6.07, 6.45) is 6.26. The number of terminal acetylenes is 1. The molecule has 0 unspecified atom stereocenters. The molecule has 1 aromatic rings. The van der Waals surface area contributed by atoms with Crippen molar-refractivity contribution < 1.29 is 9.18 Å². The smallest absolute Gasteiger partial charge is 0.332 e. The number of nitrogens with one attached hydrogen (secondary N) is 1. The van der Waals surface area contributed by atoms with E-state index >= 15 is 0 Å². The van der Waals surface area contributed by atoms with Crippen LogP contribution in [0.5, 0.6) is 0 Å². The summed E-state index contributed by atoms with van der Waals surface area (Å²) in [5.41, 5.74) is 7.41. The van der Waals surface area contributed by atoms with Crippen LogP contribution in [0.3, 0.4) is 0 Å². The van der Waals surface area contributed by atoms with Gasteiger partial charge in [-0.2, -0.15) is 5.10 Å². The summed E-state index contributed by atoms with van der Waals surface area (Å²) < 4.78 is 13.1. The number of hydrazone groups is 1. The van der Waals surface area contributed by atoms with E-state index in [1.165, 1.54) is 18.2 Å². The van der Waals surface area contributed by atoms with Gasteiger partial charge in [-0.1, -0.05) is 5.92 Å². The Morgan fingerprint density at radius 2 is 2.40 bits per heavy atom. The summed E-state index contributed by atoms with van der Waals surface area (Å²) in [6.45, 7) is 0. The number of nitrogens with zero attached hydrogens (tertiary/aromatic N) is 1. The van der Waals surface area contributed by atoms with Gasteiger partial charge in [-0.3, -0.25) is 0 Å². The summed E-state index contributed by atoms with van der Waals surface area (Å²) >= 11 is 0. The van der Waals surface area contributed by atoms with Crippen molar-refractivity contribution in [1.29, 1.82) is 0 Å². The number of hydrogen-bond donors (Lipinski definition) is 2. The number of hydrogen-bond acceptors (Lipinski definition) is 2. The van der Waals surface area contributed by atoms with E-state index in [1.54, 1.807) is 0 Å². The quantitative estimate of drug-likeness (QED) is 0.418. The molecule has 0 atom stereocenters. The summed E-state index contributed by atoms with van der Waals surface area (Å²) in [6, 6.07) is 3.30. The van der Waals surface area contributed by atoms with Crippen LogP contribution >= 0.6 is 0 Å². The SMILES string of the molecule is C#Cc1ccc(F)c(C=NNC(N)=O)c1. The standard InChI is InChI=1S/C10H8FN3O/c1-2-7-3-4-9(11)8(5-7)6-13-14-10(12)15/h1,3-6H,(H3,12,14,15). The monoisotopic (exact) mass is 205 g/mol. The Morgan fingerprint density at radius 1 is 1.67 bits per heavy atom. The Bertz CT molecular complexity index is 448. The molecule has 3 N–H and O–H groups in total. The molecule has 0 bridgehead atoms. The molecule has 0 aliphatic heterocycles. The van der Waals surface area contributed by atoms with Gasteiger partial charge in [0.2, 0.25) is 0 Å². The van der Waals surface area contributed by atoms with Gasteiger partial charge in [0.25, 0.3) is 0 Å². The van der Waals surface area contributed by atoms with Crippen LogP contribution in [-0.2, 0) is 0 Å². The van der Waals surface area contributed by atoms with Crippen LogP contribution < -0.4 is 11.2 Å². The van der Waals surface area contributed by atoms with Crippen molar-refractivity contribution in [2.75, 3.05) is 0 Å². The van der Waals surface area contributed by atoms with Gasteiger partial charge in [0.1, 0.15) is 5.82 Å². The molecule has 5 heteroatoms. The maximum absolute atomic E-state index is 13.1. The fourth-order valence-corrected chi connectivity index (χ4v) is 0.898. The first-order valence-corrected chi connectivity index (χ1v) is 3.98. The lowest BCUT2D eigenvalue weighted by Crippen LogP contribution is -2.24. The van der Waals surface area contributed by atoms with Gasteiger partial charge in [0.05, 0.1) is 6.21 Å². The second kappa shape index (κ2) is 4.77. The van der Waals surface area contributed by atoms with Crippen molar-refractivity contribution in [3.05, 3.63) is 35.1 Å². The first-order valence-electron chi connectivity index (χ1n) is 3.98. The van der Waals surface area contributed by atoms with E-state index in [0.29, 0.717) is 5.56 Å². The van der Waals surface area contributed by atoms with Gasteiger partial charge < -0.3 is 5.73 Å². The van der Waals surface area contributed by atoms with Gasteiger partial charge in [-0.15, -0.1) is 6.42 Å². The second-order valence-electron chi connectivity index (χ2n) is 2.61. The van der Waals surface area contributed by atoms with Crippen molar-refractivity contribution >= 4 is 12.2 Å². The van der Waals surface area contributed by atoms with E-state index in [1.807, 2.05) is 5.43 Å². The lowest BCUT2D eigenvalue weighted by molar-refractivity contribution is 0.249. The lowest BCUT2D eigenvalue weighted by Gasteiger charge is -1.97. The lowest BCUT2D eigenvalue weighted by atomic mass is 10.1. The molecule has 1 rings (SSSR count). The largest absolute Gasteiger partial charge is 0.350 e. The number of halogens is 1. The van der Waals surface area contributed by atoms with Crippen LogP contribution in [-0.4, -0.2) is 12.2 Å². The normalized spacial score (nSPS) is 9.87. The van der Waals surface area contributed by atoms with Crippen molar-refractivity contribution in [2.45, 2.75) is 0 Å². The zero-order valence-electron chi connectivity index (χ0n) is 7.70. The van der Waals surface area contributed by atoms with Gasteiger partial charge in [0, 0.05) is 11.1 Å². The number of primary amides is 1. The summed E-state index contributed by atoms with van der Waals surface area (Å²) in [5.74, 6) is 1.87. The molecule has 0 radical (unpaired) electrons. The van der Waals surface area contributed by atoms with Crippen molar-refractivity contribution in [1.82, 2.24) is 5.43 Å². The summed E-state index contributed by atoms with van der Waals surface area (Å²) in [7, 11) is 0. The molecule has 2 amide bonds. The zero-order chi connectivity index (χ0) is 11.3. The van der Waals surface area contributed by atoms with Gasteiger partial charge in [0.15, 0.2) is 0 Å². The Balaban J connectivity index is 2.89. The van der Waals surface area contributed by atoms with E-state index in [0.717, 1.165) is 6.21 Å². The summed E-state index contributed by atoms with van der Waals surface area (Å²) in [4.78, 5) is 10.3. The molecule has 0 aliphatic rings. The van der Waals surface area contributed by atoms with Crippen molar-refractivity contribution in [3.8, 4) is 12.3 Å². The first-order chi connectivity index (χ1) is 7.13. The highest BCUT2D eigenvalue weighted by atomic mass is 19.1. The Morgan fingerprint density at radius 3 is 3.00 bits per heavy atom. The third-order valence-corrected chi connectivity index (χ3v) is 1.54. The zero-order valence-corrected chi connectivity index (χ0v) is 7.70. The number of carbonyl (C=O) groups excluding carboxylic acids is 1. The number of urea groups is 1. The van der Waals surface area contributed by atoms with Crippen LogP contribution in [0.25, 0.3) is 0 Å². The van der Waals surface area contributed by atoms with E-state index in [2.05, 4.69) is 11.0 Å². The minimum absolute atomic E-state index is 0.180. The van der Waals surface area contributed by atoms with E-state index in [-0.39, 0.29) is 5.56 Å². The minimum Gasteiger partial charge on any atom is -0.350 e. The maximum atomic E-state index is 13.1. The molecule has 15 heavy (non-hydrogen) atoms. The van der Waals surface area contributed by atoms with Crippen LogP contribution in [0.15, 0.2) is 23.3 Å². The molecular formula is C10H8FN3O. The van der Waals surface area contributed by atoms with Gasteiger partial charge in [-0.05, 0) is 18.2 Å². The van der Waals surface area contributed by atoms with Crippen LogP contribution in [0.1, 0.15) is 11.1 Å². The molecule has 4 nitrogen and oxygen atoms in total. The van der Waals surface area contributed by atoms with E-state index < -0.39 is 11.8 Å². The topological polar surface area (TPSA) is 67.5 Å². The predicted molar refractivity (Wildman–Crippen MR) is 54.6 cm³/mol. The molecule has 1 aromatic carbocycles. The van der Waals surface area contributed by atoms with Crippen molar-refractivity contribution in [2.24, 2.45) is 10.8 Å². The molecule has 0 heterocycles. The highest BCUT2D eigenvalue weighted by Gasteiger charge is 1.99. The minimum atomic E-state index is -0.820. The fourth-order valence-electron chi connectivity index (χ4n) is 0.898. The maximum Gasteiger partial charge on any atom is 0.332 e. The Hall–Kier alpha value is -2.35. The average Bonchev–Trinajstić information content (AvgIpc) is 2.20. The van der Waals surface area contributed by atoms with Gasteiger partial charge >= 0.3 is 6.03 Å². The highest BCUT2D eigenvalue weighted by molar-refractivity contribution is 5.82. The van der Waals surface area contributed by atoms with Crippen LogP contribution in [0, 0.1) is 18.2 Å². The Kier molecular flexibility index (Phi) is 3.41. The predicted octanol–water partition coefficient (Wildman–Crippen LogP) is 0.809. The number of carbonyl (C=O) groups is 1. The third kappa shape index (κ3) is 3.12. The number of rotatable bonds is 2. The van der Waals surface area contributed by atoms with Gasteiger partial charge in [-0.25, -0.2) is 14.6 Å². The number of benzene rings is 1. The number of nitrogens with two attached hydrogens (primary N) is 1. The summed E-state index contributed by atoms with van der Waals surface area (Å²) in [5, 5.41) is 3.42. The third-order valence-electron chi connectivity index (χ3n) is 1.54. The highest BCUT2D eigenvalue weighted by Crippen LogP contribution is 2.07.